The van der Waals surface area contributed by atoms with E-state index in [1.54, 1.807) is 25.1 Å². The number of aromatic nitrogens is 4. The van der Waals surface area contributed by atoms with Gasteiger partial charge in [-0.15, -0.1) is 10.2 Å². The van der Waals surface area contributed by atoms with E-state index in [4.69, 9.17) is 4.52 Å². The highest BCUT2D eigenvalue weighted by atomic mass is 32.2. The van der Waals surface area contributed by atoms with Crippen LogP contribution in [0.1, 0.15) is 11.3 Å². The first-order chi connectivity index (χ1) is 14.6. The quantitative estimate of drug-likeness (QED) is 0.449. The molecule has 0 saturated heterocycles. The zero-order valence-corrected chi connectivity index (χ0v) is 16.9. The van der Waals surface area contributed by atoms with Gasteiger partial charge in [-0.2, -0.15) is 0 Å². The molecule has 0 aliphatic rings. The molecule has 2 aromatic heterocycles. The van der Waals surface area contributed by atoms with Gasteiger partial charge in [-0.05, 0) is 36.8 Å². The number of hydrogen-bond donors (Lipinski definition) is 1. The Balaban J connectivity index is 1.55. The fraction of sp³-hybridized carbons (Fsp3) is 0.143. The summed E-state index contributed by atoms with van der Waals surface area (Å²) in [6, 6.07) is 17.6. The van der Waals surface area contributed by atoms with Gasteiger partial charge in [-0.1, -0.05) is 47.3 Å². The first-order valence-electron chi connectivity index (χ1n) is 9.17. The maximum atomic E-state index is 13.3. The molecule has 30 heavy (non-hydrogen) atoms. The molecule has 7 nitrogen and oxygen atoms in total. The van der Waals surface area contributed by atoms with Crippen LogP contribution in [0.25, 0.3) is 11.4 Å². The van der Waals surface area contributed by atoms with Crippen molar-refractivity contribution in [1.29, 1.82) is 0 Å². The lowest BCUT2D eigenvalue weighted by Gasteiger charge is -2.10. The van der Waals surface area contributed by atoms with Gasteiger partial charge >= 0.3 is 0 Å². The molecule has 4 rings (SSSR count). The van der Waals surface area contributed by atoms with Gasteiger partial charge < -0.3 is 4.52 Å². The maximum Gasteiger partial charge on any atom is 0.237 e. The summed E-state index contributed by atoms with van der Waals surface area (Å²) in [5.74, 6) is 0.467. The van der Waals surface area contributed by atoms with Crippen LogP contribution in [0, 0.1) is 12.7 Å². The molecule has 0 atom stereocenters. The molecule has 9 heteroatoms. The Morgan fingerprint density at radius 3 is 2.60 bits per heavy atom. The molecule has 0 spiro atoms. The van der Waals surface area contributed by atoms with Crippen molar-refractivity contribution in [3.05, 3.63) is 77.7 Å². The third kappa shape index (κ3) is 4.74. The van der Waals surface area contributed by atoms with Gasteiger partial charge in [0, 0.05) is 11.6 Å². The SMILES string of the molecule is Cc1cc(NC(=O)CSc2nnc(-c3ccc(F)cc3)n2Cc2ccccc2)on1. The molecule has 4 aromatic rings. The summed E-state index contributed by atoms with van der Waals surface area (Å²) < 4.78 is 20.3. The van der Waals surface area contributed by atoms with E-state index in [-0.39, 0.29) is 17.5 Å². The molecular weight excluding hydrogens is 405 g/mol. The average Bonchev–Trinajstić information content (AvgIpc) is 3.34. The highest BCUT2D eigenvalue weighted by Gasteiger charge is 2.17. The van der Waals surface area contributed by atoms with Crippen LogP contribution in [0.5, 0.6) is 0 Å². The van der Waals surface area contributed by atoms with Gasteiger partial charge in [-0.3, -0.25) is 14.7 Å². The maximum absolute atomic E-state index is 13.3. The molecule has 0 fully saturated rings. The summed E-state index contributed by atoms with van der Waals surface area (Å²) in [5.41, 5.74) is 2.49. The number of benzene rings is 2. The first-order valence-corrected chi connectivity index (χ1v) is 10.2. The molecule has 1 N–H and O–H groups in total. The average molecular weight is 423 g/mol. The van der Waals surface area contributed by atoms with Crippen molar-refractivity contribution in [2.75, 3.05) is 11.1 Å². The van der Waals surface area contributed by atoms with E-state index >= 15 is 0 Å². The van der Waals surface area contributed by atoms with Gasteiger partial charge in [0.2, 0.25) is 11.8 Å². The number of halogens is 1. The van der Waals surface area contributed by atoms with Gasteiger partial charge in [0.05, 0.1) is 18.0 Å². The van der Waals surface area contributed by atoms with Crippen molar-refractivity contribution in [3.8, 4) is 11.4 Å². The molecule has 0 aliphatic heterocycles. The zero-order valence-electron chi connectivity index (χ0n) is 16.1. The molecule has 0 radical (unpaired) electrons. The molecule has 2 heterocycles. The molecule has 0 bridgehead atoms. The predicted molar refractivity (Wildman–Crippen MR) is 112 cm³/mol. The highest BCUT2D eigenvalue weighted by molar-refractivity contribution is 7.99. The van der Waals surface area contributed by atoms with Crippen molar-refractivity contribution in [3.63, 3.8) is 0 Å². The van der Waals surface area contributed by atoms with Gasteiger partial charge in [0.1, 0.15) is 5.82 Å². The number of carbonyl (C=O) groups is 1. The number of thioether (sulfide) groups is 1. The summed E-state index contributed by atoms with van der Waals surface area (Å²) in [5, 5.41) is 15.5. The smallest absolute Gasteiger partial charge is 0.237 e. The normalized spacial score (nSPS) is 10.9. The van der Waals surface area contributed by atoms with Crippen molar-refractivity contribution in [1.82, 2.24) is 19.9 Å². The Labute approximate surface area is 176 Å². The number of amides is 1. The Bertz CT molecular complexity index is 1140. The second-order valence-electron chi connectivity index (χ2n) is 6.55. The Morgan fingerprint density at radius 1 is 1.13 bits per heavy atom. The molecule has 0 aliphatic carbocycles. The van der Waals surface area contributed by atoms with Crippen LogP contribution >= 0.6 is 11.8 Å². The minimum atomic E-state index is -0.318. The van der Waals surface area contributed by atoms with Crippen LogP contribution in [0.15, 0.2) is 70.3 Å². The van der Waals surface area contributed by atoms with Crippen molar-refractivity contribution in [2.24, 2.45) is 0 Å². The number of carbonyl (C=O) groups excluding carboxylic acids is 1. The lowest BCUT2D eigenvalue weighted by molar-refractivity contribution is -0.113. The number of anilines is 1. The molecule has 152 valence electrons. The molecule has 0 saturated carbocycles. The van der Waals surface area contributed by atoms with E-state index in [9.17, 15) is 9.18 Å². The Morgan fingerprint density at radius 2 is 1.90 bits per heavy atom. The van der Waals surface area contributed by atoms with Crippen LogP contribution in [0.4, 0.5) is 10.3 Å². The first kappa shape index (κ1) is 19.8. The summed E-state index contributed by atoms with van der Waals surface area (Å²) >= 11 is 1.26. The van der Waals surface area contributed by atoms with Crippen molar-refractivity contribution in [2.45, 2.75) is 18.6 Å². The van der Waals surface area contributed by atoms with Crippen LogP contribution in [0.2, 0.25) is 0 Å². The lowest BCUT2D eigenvalue weighted by Crippen LogP contribution is -2.14. The number of aryl methyl sites for hydroxylation is 1. The van der Waals surface area contributed by atoms with Crippen LogP contribution in [-0.2, 0) is 11.3 Å². The van der Waals surface area contributed by atoms with E-state index in [1.807, 2.05) is 34.9 Å². The molecular formula is C21H18FN5O2S. The van der Waals surface area contributed by atoms with E-state index in [0.29, 0.717) is 29.1 Å². The van der Waals surface area contributed by atoms with E-state index in [2.05, 4.69) is 20.7 Å². The van der Waals surface area contributed by atoms with Gasteiger partial charge in [0.25, 0.3) is 0 Å². The Kier molecular flexibility index (Phi) is 5.89. The Hall–Kier alpha value is -3.46. The zero-order chi connectivity index (χ0) is 20.9. The van der Waals surface area contributed by atoms with Gasteiger partial charge in [0.15, 0.2) is 11.0 Å². The molecule has 0 unspecified atom stereocenters. The van der Waals surface area contributed by atoms with E-state index in [0.717, 1.165) is 11.1 Å². The third-order valence-electron chi connectivity index (χ3n) is 4.23. The van der Waals surface area contributed by atoms with E-state index in [1.165, 1.54) is 23.9 Å². The van der Waals surface area contributed by atoms with Crippen molar-refractivity contribution < 1.29 is 13.7 Å². The summed E-state index contributed by atoms with van der Waals surface area (Å²) in [4.78, 5) is 12.3. The molecule has 1 amide bonds. The van der Waals surface area contributed by atoms with Crippen LogP contribution < -0.4 is 5.32 Å². The summed E-state index contributed by atoms with van der Waals surface area (Å²) in [6.07, 6.45) is 0. The van der Waals surface area contributed by atoms with Crippen LogP contribution in [0.3, 0.4) is 0 Å². The second kappa shape index (κ2) is 8.91. The minimum absolute atomic E-state index is 0.121. The third-order valence-corrected chi connectivity index (χ3v) is 5.19. The molecule has 2 aromatic carbocycles. The number of rotatable bonds is 7. The predicted octanol–water partition coefficient (Wildman–Crippen LogP) is 4.16. The largest absolute Gasteiger partial charge is 0.338 e. The summed E-state index contributed by atoms with van der Waals surface area (Å²) in [6.45, 7) is 2.29. The number of hydrogen-bond acceptors (Lipinski definition) is 6. The van der Waals surface area contributed by atoms with Crippen LogP contribution in [-0.4, -0.2) is 31.6 Å². The summed E-state index contributed by atoms with van der Waals surface area (Å²) in [7, 11) is 0. The fourth-order valence-electron chi connectivity index (χ4n) is 2.84. The highest BCUT2D eigenvalue weighted by Crippen LogP contribution is 2.25. The fourth-order valence-corrected chi connectivity index (χ4v) is 3.58. The second-order valence-corrected chi connectivity index (χ2v) is 7.50. The monoisotopic (exact) mass is 423 g/mol. The minimum Gasteiger partial charge on any atom is -0.338 e. The van der Waals surface area contributed by atoms with E-state index < -0.39 is 0 Å². The number of nitrogens with one attached hydrogen (secondary N) is 1. The van der Waals surface area contributed by atoms with Gasteiger partial charge in [-0.25, -0.2) is 4.39 Å². The topological polar surface area (TPSA) is 85.8 Å². The van der Waals surface area contributed by atoms with Crippen molar-refractivity contribution >= 4 is 23.6 Å². The standard InChI is InChI=1S/C21H18FN5O2S/c1-14-11-19(29-26-14)23-18(28)13-30-21-25-24-20(16-7-9-17(22)10-8-16)27(21)12-15-5-3-2-4-6-15/h2-11H,12-13H2,1H3,(H,23,28). The number of nitrogens with zero attached hydrogens (tertiary/aromatic N) is 4. The lowest BCUT2D eigenvalue weighted by atomic mass is 10.2.